The maximum absolute atomic E-state index is 12.8. The Morgan fingerprint density at radius 2 is 2.06 bits per heavy atom. The van der Waals surface area contributed by atoms with Crippen LogP contribution < -0.4 is 4.74 Å². The molecule has 2 rings (SSSR count). The highest BCUT2D eigenvalue weighted by Crippen LogP contribution is 2.43. The molecule has 0 radical (unpaired) electrons. The first kappa shape index (κ1) is 13.0. The van der Waals surface area contributed by atoms with Gasteiger partial charge in [0.15, 0.2) is 4.87 Å². The van der Waals surface area contributed by atoms with Crippen molar-refractivity contribution in [3.63, 3.8) is 0 Å². The maximum atomic E-state index is 12.8. The highest BCUT2D eigenvalue weighted by atomic mass is 35.5. The Balaban J connectivity index is 2.50. The predicted molar refractivity (Wildman–Crippen MR) is 56.8 cm³/mol. The van der Waals surface area contributed by atoms with Gasteiger partial charge in [0.25, 0.3) is 0 Å². The van der Waals surface area contributed by atoms with Gasteiger partial charge in [0, 0.05) is 6.42 Å². The van der Waals surface area contributed by atoms with Crippen LogP contribution in [0, 0.1) is 0 Å². The lowest BCUT2D eigenvalue weighted by molar-refractivity contribution is -0.212. The predicted octanol–water partition coefficient (Wildman–Crippen LogP) is 2.61. The van der Waals surface area contributed by atoms with Crippen LogP contribution in [0.1, 0.15) is 5.56 Å². The summed E-state index contributed by atoms with van der Waals surface area (Å²) in [5, 5.41) is 8.94. The molecule has 1 aromatic rings. The number of hydrogen-bond acceptors (Lipinski definition) is 2. The summed E-state index contributed by atoms with van der Waals surface area (Å²) in [6.07, 6.45) is -7.86. The number of benzene rings is 1. The topological polar surface area (TPSA) is 46.5 Å². The Hall–Kier alpha value is -1.43. The highest BCUT2D eigenvalue weighted by Gasteiger charge is 2.61. The minimum Gasteiger partial charge on any atom is -0.480 e. The van der Waals surface area contributed by atoms with E-state index in [2.05, 4.69) is 0 Å². The molecule has 0 bridgehead atoms. The van der Waals surface area contributed by atoms with E-state index in [0.717, 1.165) is 0 Å². The summed E-state index contributed by atoms with van der Waals surface area (Å²) >= 11 is 5.64. The molecule has 2 unspecified atom stereocenters. The highest BCUT2D eigenvalue weighted by molar-refractivity contribution is 6.34. The molecule has 0 aromatic heterocycles. The Morgan fingerprint density at radius 1 is 1.44 bits per heavy atom. The molecule has 1 N–H and O–H groups in total. The van der Waals surface area contributed by atoms with Gasteiger partial charge in [-0.05, 0) is 11.6 Å². The fraction of sp³-hybridized carbons (Fsp3) is 0.364. The van der Waals surface area contributed by atoms with E-state index in [9.17, 15) is 18.0 Å². The van der Waals surface area contributed by atoms with E-state index in [0.29, 0.717) is 5.56 Å². The zero-order chi connectivity index (χ0) is 13.6. The van der Waals surface area contributed by atoms with Crippen molar-refractivity contribution in [2.24, 2.45) is 0 Å². The van der Waals surface area contributed by atoms with Crippen LogP contribution in [0.2, 0.25) is 0 Å². The van der Waals surface area contributed by atoms with Gasteiger partial charge in [0.2, 0.25) is 6.10 Å². The van der Waals surface area contributed by atoms with Crippen LogP contribution in [0.4, 0.5) is 13.2 Å². The van der Waals surface area contributed by atoms with Gasteiger partial charge >= 0.3 is 12.1 Å². The van der Waals surface area contributed by atoms with Gasteiger partial charge < -0.3 is 9.84 Å². The van der Waals surface area contributed by atoms with Crippen molar-refractivity contribution < 1.29 is 27.8 Å². The monoisotopic (exact) mass is 280 g/mol. The number of para-hydroxylation sites is 1. The first-order valence-corrected chi connectivity index (χ1v) is 5.36. The minimum absolute atomic E-state index is 0.0114. The average Bonchev–Trinajstić information content (AvgIpc) is 2.26. The summed E-state index contributed by atoms with van der Waals surface area (Å²) in [4.78, 5) is 8.50. The van der Waals surface area contributed by atoms with E-state index in [-0.39, 0.29) is 5.75 Å². The Kier molecular flexibility index (Phi) is 2.93. The lowest BCUT2D eigenvalue weighted by Crippen LogP contribution is -2.58. The largest absolute Gasteiger partial charge is 0.480 e. The minimum atomic E-state index is -4.85. The number of fused-ring (bicyclic) bond motifs is 1. The summed E-state index contributed by atoms with van der Waals surface area (Å²) < 4.78 is 43.2. The van der Waals surface area contributed by atoms with Crippen molar-refractivity contribution in [2.75, 3.05) is 0 Å². The number of rotatable bonds is 1. The molecule has 98 valence electrons. The molecular weight excluding hydrogens is 273 g/mol. The van der Waals surface area contributed by atoms with Gasteiger partial charge in [-0.3, -0.25) is 4.79 Å². The number of halogens is 4. The summed E-state index contributed by atoms with van der Waals surface area (Å²) in [6, 6.07) is 5.93. The van der Waals surface area contributed by atoms with E-state index in [4.69, 9.17) is 21.4 Å². The fourth-order valence-corrected chi connectivity index (χ4v) is 2.18. The van der Waals surface area contributed by atoms with E-state index < -0.39 is 29.5 Å². The molecule has 1 aromatic carbocycles. The van der Waals surface area contributed by atoms with Crippen LogP contribution in [-0.2, 0) is 11.2 Å². The lowest BCUT2D eigenvalue weighted by atomic mass is 9.89. The molecule has 1 aliphatic heterocycles. The quantitative estimate of drug-likeness (QED) is 0.805. The van der Waals surface area contributed by atoms with Crippen molar-refractivity contribution in [3.05, 3.63) is 29.8 Å². The smallest absolute Gasteiger partial charge is 0.427 e. The maximum Gasteiger partial charge on any atom is 0.427 e. The normalized spacial score (nSPS) is 27.2. The molecule has 3 nitrogen and oxygen atoms in total. The number of aliphatic carboxylic acids is 1. The summed E-state index contributed by atoms with van der Waals surface area (Å²) in [5.74, 6) is -1.74. The van der Waals surface area contributed by atoms with Gasteiger partial charge in [-0.25, -0.2) is 0 Å². The van der Waals surface area contributed by atoms with Gasteiger partial charge in [-0.2, -0.15) is 13.2 Å². The zero-order valence-electron chi connectivity index (χ0n) is 8.87. The van der Waals surface area contributed by atoms with Crippen LogP contribution in [0.5, 0.6) is 5.75 Å². The third-order valence-corrected chi connectivity index (χ3v) is 3.23. The van der Waals surface area contributed by atoms with E-state index >= 15 is 0 Å². The number of alkyl halides is 4. The number of carboxylic acid groups (broad SMARTS) is 1. The van der Waals surface area contributed by atoms with Crippen molar-refractivity contribution in [3.8, 4) is 5.75 Å². The van der Waals surface area contributed by atoms with Gasteiger partial charge in [0.1, 0.15) is 5.75 Å². The summed E-state index contributed by atoms with van der Waals surface area (Å²) in [5.41, 5.74) is 0.343. The van der Waals surface area contributed by atoms with Crippen molar-refractivity contribution in [1.82, 2.24) is 0 Å². The number of ether oxygens (including phenoxy) is 1. The summed E-state index contributed by atoms with van der Waals surface area (Å²) in [7, 11) is 0. The van der Waals surface area contributed by atoms with E-state index in [1.165, 1.54) is 18.2 Å². The second kappa shape index (κ2) is 4.05. The molecule has 0 saturated heterocycles. The molecular formula is C11H8ClF3O3. The molecule has 7 heteroatoms. The number of carbonyl (C=O) groups is 1. The summed E-state index contributed by atoms with van der Waals surface area (Å²) in [6.45, 7) is 0. The molecule has 1 heterocycles. The molecule has 0 fully saturated rings. The third-order valence-electron chi connectivity index (χ3n) is 2.73. The Labute approximate surface area is 105 Å². The van der Waals surface area contributed by atoms with Crippen LogP contribution in [0.25, 0.3) is 0 Å². The molecule has 2 atom stereocenters. The third kappa shape index (κ3) is 2.01. The molecule has 18 heavy (non-hydrogen) atoms. The van der Waals surface area contributed by atoms with Crippen LogP contribution in [-0.4, -0.2) is 28.2 Å². The van der Waals surface area contributed by atoms with E-state index in [1.807, 2.05) is 0 Å². The van der Waals surface area contributed by atoms with Crippen LogP contribution in [0.15, 0.2) is 24.3 Å². The lowest BCUT2D eigenvalue weighted by Gasteiger charge is -2.37. The SMILES string of the molecule is O=C(O)C1(Cl)Cc2ccccc2OC1C(F)(F)F. The van der Waals surface area contributed by atoms with Crippen molar-refractivity contribution >= 4 is 17.6 Å². The van der Waals surface area contributed by atoms with Crippen molar-refractivity contribution in [2.45, 2.75) is 23.6 Å². The first-order chi connectivity index (χ1) is 8.25. The second-order valence-corrected chi connectivity index (χ2v) is 4.67. The first-order valence-electron chi connectivity index (χ1n) is 4.99. The fourth-order valence-electron chi connectivity index (χ4n) is 1.87. The van der Waals surface area contributed by atoms with Crippen LogP contribution >= 0.6 is 11.6 Å². The zero-order valence-corrected chi connectivity index (χ0v) is 9.63. The van der Waals surface area contributed by atoms with Crippen molar-refractivity contribution in [1.29, 1.82) is 0 Å². The van der Waals surface area contributed by atoms with Gasteiger partial charge in [-0.1, -0.05) is 18.2 Å². The number of carboxylic acids is 1. The average molecular weight is 281 g/mol. The van der Waals surface area contributed by atoms with Gasteiger partial charge in [-0.15, -0.1) is 11.6 Å². The van der Waals surface area contributed by atoms with Crippen LogP contribution in [0.3, 0.4) is 0 Å². The molecule has 0 saturated carbocycles. The molecule has 0 spiro atoms. The Bertz CT molecular complexity index is 489. The molecule has 0 aliphatic carbocycles. The van der Waals surface area contributed by atoms with Gasteiger partial charge in [0.05, 0.1) is 0 Å². The Morgan fingerprint density at radius 3 is 2.61 bits per heavy atom. The second-order valence-electron chi connectivity index (χ2n) is 3.99. The standard InChI is InChI=1S/C11H8ClF3O3/c12-10(9(16)17)5-6-3-1-2-4-7(6)18-8(10)11(13,14)15/h1-4,8H,5H2,(H,16,17). The number of hydrogen-bond donors (Lipinski definition) is 1. The molecule has 0 amide bonds. The van der Waals surface area contributed by atoms with E-state index in [1.54, 1.807) is 6.07 Å². The molecule has 1 aliphatic rings.